The molecule has 1 aliphatic heterocycles. The molecule has 1 aliphatic rings. The molecule has 5 nitrogen and oxygen atoms in total. The highest BCUT2D eigenvalue weighted by atomic mass is 19.1. The van der Waals surface area contributed by atoms with Crippen molar-refractivity contribution in [3.8, 4) is 5.75 Å². The van der Waals surface area contributed by atoms with Crippen LogP contribution in [0.3, 0.4) is 0 Å². The molecule has 0 saturated carbocycles. The van der Waals surface area contributed by atoms with Gasteiger partial charge in [-0.25, -0.2) is 4.39 Å². The topological polar surface area (TPSA) is 46.1 Å². The van der Waals surface area contributed by atoms with Crippen LogP contribution in [0.25, 0.3) is 0 Å². The number of nitrogens with zero attached hydrogens (tertiary/aromatic N) is 2. The molecule has 0 unspecified atom stereocenters. The first-order chi connectivity index (χ1) is 12.1. The van der Waals surface area contributed by atoms with Gasteiger partial charge < -0.3 is 19.7 Å². The second kappa shape index (κ2) is 10.2. The molecule has 140 valence electrons. The summed E-state index contributed by atoms with van der Waals surface area (Å²) in [5.41, 5.74) is 0.861. The fourth-order valence-electron chi connectivity index (χ4n) is 3.01. The monoisotopic (exact) mass is 351 g/mol. The summed E-state index contributed by atoms with van der Waals surface area (Å²) in [6.45, 7) is 5.53. The van der Waals surface area contributed by atoms with E-state index in [-0.39, 0.29) is 5.82 Å². The second-order valence-corrected chi connectivity index (χ2v) is 6.36. The van der Waals surface area contributed by atoms with E-state index in [0.29, 0.717) is 18.9 Å². The first kappa shape index (κ1) is 19.5. The van der Waals surface area contributed by atoms with Crippen molar-refractivity contribution >= 4 is 5.96 Å². The minimum atomic E-state index is -0.330. The van der Waals surface area contributed by atoms with E-state index in [1.807, 2.05) is 20.0 Å². The average Bonchev–Trinajstić information content (AvgIpc) is 2.63. The zero-order valence-corrected chi connectivity index (χ0v) is 15.6. The lowest BCUT2D eigenvalue weighted by Crippen LogP contribution is -2.39. The van der Waals surface area contributed by atoms with E-state index < -0.39 is 0 Å². The lowest BCUT2D eigenvalue weighted by atomic mass is 9.96. The van der Waals surface area contributed by atoms with Crippen molar-refractivity contribution in [1.82, 2.24) is 10.2 Å². The van der Waals surface area contributed by atoms with Gasteiger partial charge in [-0.05, 0) is 49.8 Å². The Morgan fingerprint density at radius 2 is 2.16 bits per heavy atom. The van der Waals surface area contributed by atoms with Crippen molar-refractivity contribution in [2.45, 2.75) is 32.7 Å². The summed E-state index contributed by atoms with van der Waals surface area (Å²) in [7, 11) is 3.81. The highest BCUT2D eigenvalue weighted by Crippen LogP contribution is 2.19. The highest BCUT2D eigenvalue weighted by Gasteiger charge is 2.15. The van der Waals surface area contributed by atoms with Gasteiger partial charge >= 0.3 is 0 Å². The van der Waals surface area contributed by atoms with Gasteiger partial charge in [0.05, 0.1) is 6.61 Å². The average molecular weight is 351 g/mol. The second-order valence-electron chi connectivity index (χ2n) is 6.36. The minimum Gasteiger partial charge on any atom is -0.491 e. The third-order valence-corrected chi connectivity index (χ3v) is 4.53. The molecule has 1 heterocycles. The SMILES string of the molecule is CCOc1ccc(CNC(=NC)N(C)CCC2CCOCC2)cc1F. The zero-order chi connectivity index (χ0) is 18.1. The molecule has 0 amide bonds. The number of halogens is 1. The normalized spacial score (nSPS) is 15.9. The van der Waals surface area contributed by atoms with Crippen LogP contribution in [-0.2, 0) is 11.3 Å². The molecule has 0 spiro atoms. The van der Waals surface area contributed by atoms with Crippen molar-refractivity contribution in [2.75, 3.05) is 40.5 Å². The molecule has 1 aromatic carbocycles. The van der Waals surface area contributed by atoms with Crippen LogP contribution in [0.15, 0.2) is 23.2 Å². The van der Waals surface area contributed by atoms with Crippen molar-refractivity contribution in [2.24, 2.45) is 10.9 Å². The van der Waals surface area contributed by atoms with Crippen molar-refractivity contribution in [3.05, 3.63) is 29.6 Å². The van der Waals surface area contributed by atoms with Crippen LogP contribution in [0.1, 0.15) is 31.7 Å². The fraction of sp³-hybridized carbons (Fsp3) is 0.632. The molecule has 0 aromatic heterocycles. The van der Waals surface area contributed by atoms with E-state index >= 15 is 0 Å². The van der Waals surface area contributed by atoms with Gasteiger partial charge in [-0.2, -0.15) is 0 Å². The quantitative estimate of drug-likeness (QED) is 0.606. The molecule has 0 radical (unpaired) electrons. The van der Waals surface area contributed by atoms with Gasteiger partial charge in [0.2, 0.25) is 0 Å². The van der Waals surface area contributed by atoms with E-state index in [1.165, 1.54) is 6.07 Å². The van der Waals surface area contributed by atoms with Crippen LogP contribution in [0, 0.1) is 11.7 Å². The third kappa shape index (κ3) is 6.20. The van der Waals surface area contributed by atoms with Gasteiger partial charge in [-0.3, -0.25) is 4.99 Å². The Morgan fingerprint density at radius 3 is 2.80 bits per heavy atom. The van der Waals surface area contributed by atoms with E-state index in [1.54, 1.807) is 13.1 Å². The minimum absolute atomic E-state index is 0.296. The lowest BCUT2D eigenvalue weighted by molar-refractivity contribution is 0.0625. The molecule has 1 N–H and O–H groups in total. The Morgan fingerprint density at radius 1 is 1.40 bits per heavy atom. The Kier molecular flexibility index (Phi) is 7.98. The number of rotatable bonds is 7. The molecule has 25 heavy (non-hydrogen) atoms. The summed E-state index contributed by atoms with van der Waals surface area (Å²) in [6, 6.07) is 5.05. The summed E-state index contributed by atoms with van der Waals surface area (Å²) >= 11 is 0. The van der Waals surface area contributed by atoms with Gasteiger partial charge in [-0.15, -0.1) is 0 Å². The largest absolute Gasteiger partial charge is 0.491 e. The van der Waals surface area contributed by atoms with Gasteiger partial charge in [0.25, 0.3) is 0 Å². The lowest BCUT2D eigenvalue weighted by Gasteiger charge is -2.26. The van der Waals surface area contributed by atoms with Crippen LogP contribution < -0.4 is 10.1 Å². The molecular formula is C19H30FN3O2. The Labute approximate surface area is 150 Å². The molecular weight excluding hydrogens is 321 g/mol. The number of ether oxygens (including phenoxy) is 2. The molecule has 2 rings (SSSR count). The van der Waals surface area contributed by atoms with Gasteiger partial charge in [0.15, 0.2) is 17.5 Å². The number of hydrogen-bond acceptors (Lipinski definition) is 3. The summed E-state index contributed by atoms with van der Waals surface area (Å²) in [4.78, 5) is 6.45. The summed E-state index contributed by atoms with van der Waals surface area (Å²) < 4.78 is 24.6. The van der Waals surface area contributed by atoms with Gasteiger partial charge in [0.1, 0.15) is 0 Å². The summed E-state index contributed by atoms with van der Waals surface area (Å²) in [6.07, 6.45) is 3.43. The van der Waals surface area contributed by atoms with Crippen LogP contribution in [0.4, 0.5) is 4.39 Å². The van der Waals surface area contributed by atoms with Crippen LogP contribution >= 0.6 is 0 Å². The molecule has 1 fully saturated rings. The van der Waals surface area contributed by atoms with Crippen molar-refractivity contribution in [1.29, 1.82) is 0 Å². The molecule has 1 saturated heterocycles. The number of aliphatic imine (C=N–C) groups is 1. The maximum atomic E-state index is 13.9. The van der Waals surface area contributed by atoms with E-state index in [0.717, 1.165) is 56.5 Å². The van der Waals surface area contributed by atoms with Crippen molar-refractivity contribution in [3.63, 3.8) is 0 Å². The Hall–Kier alpha value is -1.82. The third-order valence-electron chi connectivity index (χ3n) is 4.53. The summed E-state index contributed by atoms with van der Waals surface area (Å²) in [5, 5.41) is 3.30. The number of nitrogens with one attached hydrogen (secondary N) is 1. The van der Waals surface area contributed by atoms with Crippen molar-refractivity contribution < 1.29 is 13.9 Å². The van der Waals surface area contributed by atoms with Gasteiger partial charge in [-0.1, -0.05) is 6.07 Å². The number of hydrogen-bond donors (Lipinski definition) is 1. The van der Waals surface area contributed by atoms with Crippen LogP contribution in [0.2, 0.25) is 0 Å². The standard InChI is InChI=1S/C19H30FN3O2/c1-4-25-18-6-5-16(13-17(18)20)14-22-19(21-2)23(3)10-7-15-8-11-24-12-9-15/h5-6,13,15H,4,7-12,14H2,1-3H3,(H,21,22). The smallest absolute Gasteiger partial charge is 0.193 e. The maximum absolute atomic E-state index is 13.9. The van der Waals surface area contributed by atoms with Crippen LogP contribution in [0.5, 0.6) is 5.75 Å². The fourth-order valence-corrected chi connectivity index (χ4v) is 3.01. The summed E-state index contributed by atoms with van der Waals surface area (Å²) in [5.74, 6) is 1.52. The van der Waals surface area contributed by atoms with Crippen LogP contribution in [-0.4, -0.2) is 51.3 Å². The first-order valence-corrected chi connectivity index (χ1v) is 9.04. The Bertz CT molecular complexity index is 560. The predicted octanol–water partition coefficient (Wildman–Crippen LogP) is 3.05. The predicted molar refractivity (Wildman–Crippen MR) is 98.6 cm³/mol. The van der Waals surface area contributed by atoms with Gasteiger partial charge in [0, 0.05) is 40.4 Å². The Balaban J connectivity index is 1.81. The molecule has 6 heteroatoms. The van der Waals surface area contributed by atoms with E-state index in [4.69, 9.17) is 9.47 Å². The number of benzene rings is 1. The number of guanidine groups is 1. The van der Waals surface area contributed by atoms with E-state index in [2.05, 4.69) is 15.2 Å². The first-order valence-electron chi connectivity index (χ1n) is 9.04. The molecule has 0 bridgehead atoms. The zero-order valence-electron chi connectivity index (χ0n) is 15.6. The molecule has 0 aliphatic carbocycles. The molecule has 0 atom stereocenters. The molecule has 1 aromatic rings. The van der Waals surface area contributed by atoms with E-state index in [9.17, 15) is 4.39 Å². The highest BCUT2D eigenvalue weighted by molar-refractivity contribution is 5.79. The maximum Gasteiger partial charge on any atom is 0.193 e.